The lowest BCUT2D eigenvalue weighted by Gasteiger charge is -2.28. The third-order valence-corrected chi connectivity index (χ3v) is 9.86. The van der Waals surface area contributed by atoms with Crippen molar-refractivity contribution in [2.45, 2.75) is 102 Å². The Morgan fingerprint density at radius 3 is 1.50 bits per heavy atom. The van der Waals surface area contributed by atoms with Gasteiger partial charge in [-0.25, -0.2) is 4.79 Å². The molecule has 330 valence electrons. The number of phenols is 1. The first-order chi connectivity index (χ1) is 28.3. The van der Waals surface area contributed by atoms with Crippen LogP contribution in [-0.4, -0.2) is 128 Å². The van der Waals surface area contributed by atoms with Crippen LogP contribution in [0.5, 0.6) is 5.75 Å². The Bertz CT molecular complexity index is 1780. The summed E-state index contributed by atoms with van der Waals surface area (Å²) in [6, 6.07) is 3.66. The molecule has 2 aromatic carbocycles. The number of carboxylic acids is 2. The van der Waals surface area contributed by atoms with Gasteiger partial charge in [0.05, 0.1) is 25.7 Å². The molecule has 0 saturated heterocycles. The maximum absolute atomic E-state index is 13.7. The zero-order chi connectivity index (χ0) is 45.1. The Balaban J connectivity index is 2.30. The molecule has 20 heteroatoms. The van der Waals surface area contributed by atoms with Crippen LogP contribution in [0.15, 0.2) is 54.6 Å². The highest BCUT2D eigenvalue weighted by Gasteiger charge is 2.35. The fourth-order valence-corrected chi connectivity index (χ4v) is 5.79. The highest BCUT2D eigenvalue weighted by molar-refractivity contribution is 5.98. The molecule has 0 fully saturated rings. The van der Waals surface area contributed by atoms with Crippen molar-refractivity contribution < 1.29 is 63.9 Å². The first kappa shape index (κ1) is 50.0. The van der Waals surface area contributed by atoms with Crippen LogP contribution in [-0.2, 0) is 51.2 Å². The van der Waals surface area contributed by atoms with E-state index in [9.17, 15) is 63.9 Å². The smallest absolute Gasteiger partial charge is 0.326 e. The van der Waals surface area contributed by atoms with Gasteiger partial charge < -0.3 is 63.2 Å². The van der Waals surface area contributed by atoms with E-state index in [0.717, 1.165) is 5.56 Å². The van der Waals surface area contributed by atoms with Gasteiger partial charge in [-0.2, -0.15) is 0 Å². The monoisotopic (exact) mass is 843 g/mol. The van der Waals surface area contributed by atoms with Gasteiger partial charge in [0.2, 0.25) is 35.4 Å². The van der Waals surface area contributed by atoms with Crippen LogP contribution in [0, 0.1) is 11.8 Å². The van der Waals surface area contributed by atoms with Gasteiger partial charge in [-0.1, -0.05) is 83.0 Å². The van der Waals surface area contributed by atoms with Gasteiger partial charge >= 0.3 is 11.9 Å². The number of hydrogen-bond acceptors (Lipinski definition) is 12. The third kappa shape index (κ3) is 15.9. The van der Waals surface area contributed by atoms with E-state index in [2.05, 4.69) is 31.9 Å². The van der Waals surface area contributed by atoms with Gasteiger partial charge in [-0.05, 0) is 41.5 Å². The molecule has 0 heterocycles. The molecular weight excluding hydrogens is 786 g/mol. The zero-order valence-corrected chi connectivity index (χ0v) is 33.9. The lowest BCUT2D eigenvalue weighted by Crippen LogP contribution is -2.61. The van der Waals surface area contributed by atoms with Crippen LogP contribution >= 0.6 is 0 Å². The molecule has 20 nitrogen and oxygen atoms in total. The Hall–Kier alpha value is -6.12. The number of benzene rings is 2. The number of phenolic OH excluding ortho intramolecular Hbond substituents is 1. The summed E-state index contributed by atoms with van der Waals surface area (Å²) in [5.41, 5.74) is 7.24. The zero-order valence-electron chi connectivity index (χ0n) is 33.9. The SMILES string of the molecule is CC[C@H](C)[C@H](NC(=O)[C@H](CO)NC(=O)[C@H](Cc1ccc(O)cc1)NC(=O)[C@H](CC(=O)O)NC(=O)[C@H](CO)NC(=O)[C@@H](NC(=O)[C@@H](N)Cc1ccccc1)[C@@H](C)CC)C(=O)O. The van der Waals surface area contributed by atoms with E-state index >= 15 is 0 Å². The molecular formula is C40H57N7O13. The maximum Gasteiger partial charge on any atom is 0.326 e. The molecule has 6 amide bonds. The topological polar surface area (TPSA) is 336 Å². The molecule has 2 aromatic rings. The van der Waals surface area contributed by atoms with Crippen molar-refractivity contribution in [2.24, 2.45) is 17.6 Å². The first-order valence-corrected chi connectivity index (χ1v) is 19.4. The number of aromatic hydroxyl groups is 1. The number of nitrogens with one attached hydrogen (secondary N) is 6. The Labute approximate surface area is 347 Å². The minimum absolute atomic E-state index is 0.130. The minimum Gasteiger partial charge on any atom is -0.508 e. The second kappa shape index (κ2) is 24.7. The summed E-state index contributed by atoms with van der Waals surface area (Å²) in [6.45, 7) is 4.68. The van der Waals surface area contributed by atoms with E-state index in [0.29, 0.717) is 18.4 Å². The number of nitrogens with two attached hydrogens (primary N) is 1. The number of carbonyl (C=O) groups excluding carboxylic acids is 6. The standard InChI is InChI=1S/C40H57N7O13/c1-5-21(3)32(46-34(53)26(41)16-23-10-8-7-9-11-23)39(58)45-29(19-48)37(56)43-28(18-31(51)52)36(55)42-27(17-24-12-14-25(50)15-13-24)35(54)44-30(20-49)38(57)47-33(40(59)60)22(4)6-2/h7-15,21-22,26-30,32-33,48-50H,5-6,16-20,41H2,1-4H3,(H,42,55)(H,43,56)(H,44,54)(H,45,58)(H,46,53)(H,47,57)(H,51,52)(H,59,60)/t21-,22-,26-,27-,28-,29-,30-,32-,33-/m0/s1. The summed E-state index contributed by atoms with van der Waals surface area (Å²) in [5, 5.41) is 63.0. The third-order valence-electron chi connectivity index (χ3n) is 9.86. The largest absolute Gasteiger partial charge is 0.508 e. The van der Waals surface area contributed by atoms with Gasteiger partial charge in [0, 0.05) is 6.42 Å². The van der Waals surface area contributed by atoms with E-state index in [4.69, 9.17) is 5.73 Å². The van der Waals surface area contributed by atoms with Crippen molar-refractivity contribution >= 4 is 47.4 Å². The summed E-state index contributed by atoms with van der Waals surface area (Å²) in [6.07, 6.45) is -0.447. The average molecular weight is 844 g/mol. The van der Waals surface area contributed by atoms with Gasteiger partial charge in [0.15, 0.2) is 0 Å². The predicted molar refractivity (Wildman–Crippen MR) is 214 cm³/mol. The number of carboxylic acid groups (broad SMARTS) is 2. The quantitative estimate of drug-likeness (QED) is 0.0517. The first-order valence-electron chi connectivity index (χ1n) is 19.4. The van der Waals surface area contributed by atoms with E-state index in [1.165, 1.54) is 24.3 Å². The van der Waals surface area contributed by atoms with E-state index < -0.39 is 121 Å². The van der Waals surface area contributed by atoms with Gasteiger partial charge in [-0.3, -0.25) is 33.6 Å². The predicted octanol–water partition coefficient (Wildman–Crippen LogP) is -1.95. The van der Waals surface area contributed by atoms with E-state index in [-0.39, 0.29) is 18.6 Å². The summed E-state index contributed by atoms with van der Waals surface area (Å²) < 4.78 is 0. The second-order valence-electron chi connectivity index (χ2n) is 14.5. The van der Waals surface area contributed by atoms with Crippen molar-refractivity contribution in [3.05, 3.63) is 65.7 Å². The summed E-state index contributed by atoms with van der Waals surface area (Å²) >= 11 is 0. The van der Waals surface area contributed by atoms with Gasteiger partial charge in [0.1, 0.15) is 42.0 Å². The normalized spacial score (nSPS) is 15.5. The molecule has 2 rings (SSSR count). The number of aliphatic hydroxyl groups excluding tert-OH is 2. The Morgan fingerprint density at radius 2 is 0.983 bits per heavy atom. The van der Waals surface area contributed by atoms with Crippen molar-refractivity contribution in [1.29, 1.82) is 0 Å². The molecule has 0 spiro atoms. The number of rotatable bonds is 25. The van der Waals surface area contributed by atoms with Crippen LogP contribution in [0.1, 0.15) is 58.1 Å². The second-order valence-corrected chi connectivity index (χ2v) is 14.5. The highest BCUT2D eigenvalue weighted by atomic mass is 16.4. The van der Waals surface area contributed by atoms with Crippen molar-refractivity contribution in [2.75, 3.05) is 13.2 Å². The van der Waals surface area contributed by atoms with Crippen LogP contribution < -0.4 is 37.6 Å². The Kier molecular flexibility index (Phi) is 20.6. The van der Waals surface area contributed by atoms with Crippen molar-refractivity contribution in [3.8, 4) is 5.75 Å². The maximum atomic E-state index is 13.7. The number of carbonyl (C=O) groups is 8. The number of amides is 6. The van der Waals surface area contributed by atoms with Crippen LogP contribution in [0.3, 0.4) is 0 Å². The fraction of sp³-hybridized carbons (Fsp3) is 0.500. The highest BCUT2D eigenvalue weighted by Crippen LogP contribution is 2.14. The molecule has 0 aliphatic heterocycles. The fourth-order valence-electron chi connectivity index (χ4n) is 5.79. The van der Waals surface area contributed by atoms with E-state index in [1.807, 2.05) is 0 Å². The molecule has 0 aliphatic rings. The summed E-state index contributed by atoms with van der Waals surface area (Å²) in [7, 11) is 0. The summed E-state index contributed by atoms with van der Waals surface area (Å²) in [4.78, 5) is 104. The molecule has 9 atom stereocenters. The lowest BCUT2D eigenvalue weighted by atomic mass is 9.97. The molecule has 0 aliphatic carbocycles. The molecule has 0 aromatic heterocycles. The minimum atomic E-state index is -1.92. The number of aliphatic hydroxyl groups is 2. The average Bonchev–Trinajstić information content (AvgIpc) is 3.22. The molecule has 0 unspecified atom stereocenters. The molecule has 0 radical (unpaired) electrons. The van der Waals surface area contributed by atoms with Crippen LogP contribution in [0.2, 0.25) is 0 Å². The van der Waals surface area contributed by atoms with Gasteiger partial charge in [-0.15, -0.1) is 0 Å². The van der Waals surface area contributed by atoms with Crippen molar-refractivity contribution in [3.63, 3.8) is 0 Å². The van der Waals surface area contributed by atoms with Crippen LogP contribution in [0.4, 0.5) is 0 Å². The molecule has 0 bridgehead atoms. The van der Waals surface area contributed by atoms with Crippen molar-refractivity contribution in [1.82, 2.24) is 31.9 Å². The molecule has 0 saturated carbocycles. The molecule has 60 heavy (non-hydrogen) atoms. The van der Waals surface area contributed by atoms with Gasteiger partial charge in [0.25, 0.3) is 0 Å². The van der Waals surface area contributed by atoms with Crippen LogP contribution in [0.25, 0.3) is 0 Å². The lowest BCUT2D eigenvalue weighted by molar-refractivity contribution is -0.144. The molecule has 13 N–H and O–H groups in total. The van der Waals surface area contributed by atoms with E-state index in [1.54, 1.807) is 58.0 Å². The number of hydrogen-bond donors (Lipinski definition) is 12. The Morgan fingerprint density at radius 1 is 0.550 bits per heavy atom. The number of aliphatic carboxylic acids is 2. The summed E-state index contributed by atoms with van der Waals surface area (Å²) in [5.74, 6) is -10.2.